The van der Waals surface area contributed by atoms with Crippen LogP contribution in [-0.4, -0.2) is 25.3 Å². The summed E-state index contributed by atoms with van der Waals surface area (Å²) in [6.45, 7) is -0.648. The number of Topliss-reactive ketones (excluding diaryl/α,β-unsaturated/α-hetero) is 1. The van der Waals surface area contributed by atoms with Gasteiger partial charge in [-0.3, -0.25) is 4.79 Å². The number of anilines is 1. The predicted molar refractivity (Wildman–Crippen MR) is 75.4 cm³/mol. The maximum Gasteiger partial charge on any atom is 0.326 e. The van der Waals surface area contributed by atoms with Crippen LogP contribution in [0.2, 0.25) is 0 Å². The predicted octanol–water partition coefficient (Wildman–Crippen LogP) is 3.64. The highest BCUT2D eigenvalue weighted by Crippen LogP contribution is 2.23. The van der Waals surface area contributed by atoms with Crippen molar-refractivity contribution in [3.8, 4) is 0 Å². The first-order chi connectivity index (χ1) is 9.50. The SMILES string of the molecule is CN(CC(F)(F)C(=O)c1ccccc1)c1ccccc1. The van der Waals surface area contributed by atoms with Crippen LogP contribution in [0.4, 0.5) is 14.5 Å². The molecular weight excluding hydrogens is 260 g/mol. The van der Waals surface area contributed by atoms with Crippen LogP contribution in [0.5, 0.6) is 0 Å². The van der Waals surface area contributed by atoms with Crippen molar-refractivity contribution in [2.75, 3.05) is 18.5 Å². The first-order valence-electron chi connectivity index (χ1n) is 6.24. The molecule has 20 heavy (non-hydrogen) atoms. The van der Waals surface area contributed by atoms with E-state index in [1.165, 1.54) is 17.0 Å². The summed E-state index contributed by atoms with van der Waals surface area (Å²) in [6, 6.07) is 16.4. The molecule has 0 radical (unpaired) electrons. The lowest BCUT2D eigenvalue weighted by Gasteiger charge is -2.24. The van der Waals surface area contributed by atoms with Crippen LogP contribution in [0.3, 0.4) is 0 Å². The number of benzene rings is 2. The molecule has 0 aromatic heterocycles. The highest BCUT2D eigenvalue weighted by atomic mass is 19.3. The van der Waals surface area contributed by atoms with Gasteiger partial charge < -0.3 is 4.90 Å². The van der Waals surface area contributed by atoms with Crippen LogP contribution >= 0.6 is 0 Å². The second-order valence-electron chi connectivity index (χ2n) is 4.59. The Hall–Kier alpha value is -2.23. The van der Waals surface area contributed by atoms with Crippen molar-refractivity contribution in [1.29, 1.82) is 0 Å². The lowest BCUT2D eigenvalue weighted by Crippen LogP contribution is -2.41. The molecule has 2 rings (SSSR count). The topological polar surface area (TPSA) is 20.3 Å². The van der Waals surface area contributed by atoms with Crippen LogP contribution < -0.4 is 4.90 Å². The molecule has 0 saturated carbocycles. The second-order valence-corrected chi connectivity index (χ2v) is 4.59. The Morgan fingerprint density at radius 3 is 2.05 bits per heavy atom. The van der Waals surface area contributed by atoms with E-state index in [0.29, 0.717) is 5.69 Å². The van der Waals surface area contributed by atoms with Gasteiger partial charge in [0.15, 0.2) is 0 Å². The molecule has 0 N–H and O–H groups in total. The van der Waals surface area contributed by atoms with Gasteiger partial charge in [0.05, 0.1) is 6.54 Å². The Morgan fingerprint density at radius 2 is 1.50 bits per heavy atom. The average molecular weight is 275 g/mol. The summed E-state index contributed by atoms with van der Waals surface area (Å²) in [7, 11) is 1.54. The Labute approximate surface area is 116 Å². The highest BCUT2D eigenvalue weighted by Gasteiger charge is 2.40. The number of hydrogen-bond donors (Lipinski definition) is 0. The third-order valence-corrected chi connectivity index (χ3v) is 3.00. The maximum absolute atomic E-state index is 14.0. The molecule has 0 fully saturated rings. The number of carbonyl (C=O) groups excluding carboxylic acids is 1. The van der Waals surface area contributed by atoms with Gasteiger partial charge in [-0.15, -0.1) is 0 Å². The Balaban J connectivity index is 2.13. The van der Waals surface area contributed by atoms with E-state index in [1.54, 1.807) is 49.5 Å². The molecule has 0 spiro atoms. The first kappa shape index (κ1) is 14.2. The summed E-state index contributed by atoms with van der Waals surface area (Å²) in [5.41, 5.74) is 0.673. The smallest absolute Gasteiger partial charge is 0.326 e. The maximum atomic E-state index is 14.0. The van der Waals surface area contributed by atoms with E-state index in [9.17, 15) is 13.6 Å². The summed E-state index contributed by atoms with van der Waals surface area (Å²) in [6.07, 6.45) is 0. The number of carbonyl (C=O) groups is 1. The quantitative estimate of drug-likeness (QED) is 0.776. The zero-order valence-electron chi connectivity index (χ0n) is 11.1. The molecule has 0 aliphatic heterocycles. The number of hydrogen-bond acceptors (Lipinski definition) is 2. The van der Waals surface area contributed by atoms with Crippen LogP contribution in [0.15, 0.2) is 60.7 Å². The summed E-state index contributed by atoms with van der Waals surface area (Å²) >= 11 is 0. The number of alkyl halides is 2. The molecule has 0 bridgehead atoms. The van der Waals surface area contributed by atoms with Crippen LogP contribution in [0.1, 0.15) is 10.4 Å². The molecule has 0 aliphatic rings. The van der Waals surface area contributed by atoms with Gasteiger partial charge in [0, 0.05) is 18.3 Å². The molecule has 2 aromatic carbocycles. The van der Waals surface area contributed by atoms with Gasteiger partial charge in [0.25, 0.3) is 0 Å². The fraction of sp³-hybridized carbons (Fsp3) is 0.188. The molecule has 0 amide bonds. The molecule has 104 valence electrons. The average Bonchev–Trinajstić information content (AvgIpc) is 2.48. The van der Waals surface area contributed by atoms with E-state index >= 15 is 0 Å². The minimum atomic E-state index is -3.42. The molecule has 0 aliphatic carbocycles. The van der Waals surface area contributed by atoms with Gasteiger partial charge in [0.2, 0.25) is 5.78 Å². The number of halogens is 2. The summed E-state index contributed by atoms with van der Waals surface area (Å²) in [5.74, 6) is -4.58. The van der Waals surface area contributed by atoms with Gasteiger partial charge in [-0.1, -0.05) is 48.5 Å². The molecule has 2 aromatic rings. The molecule has 0 unspecified atom stereocenters. The molecule has 4 heteroatoms. The van der Waals surface area contributed by atoms with E-state index in [2.05, 4.69) is 0 Å². The Bertz CT molecular complexity index is 570. The van der Waals surface area contributed by atoms with E-state index in [4.69, 9.17) is 0 Å². The molecular formula is C16H15F2NO. The van der Waals surface area contributed by atoms with Crippen LogP contribution in [0.25, 0.3) is 0 Å². The highest BCUT2D eigenvalue weighted by molar-refractivity contribution is 6.01. The van der Waals surface area contributed by atoms with E-state index in [0.717, 1.165) is 0 Å². The third kappa shape index (κ3) is 3.20. The summed E-state index contributed by atoms with van der Waals surface area (Å²) < 4.78 is 28.1. The van der Waals surface area contributed by atoms with E-state index < -0.39 is 18.3 Å². The van der Waals surface area contributed by atoms with Gasteiger partial charge >= 0.3 is 5.92 Å². The summed E-state index contributed by atoms with van der Waals surface area (Å²) in [4.78, 5) is 13.2. The normalized spacial score (nSPS) is 11.2. The standard InChI is InChI=1S/C16H15F2NO/c1-19(14-10-6-3-7-11-14)12-16(17,18)15(20)13-8-4-2-5-9-13/h2-11H,12H2,1H3. The zero-order valence-corrected chi connectivity index (χ0v) is 11.1. The van der Waals surface area contributed by atoms with Crippen molar-refractivity contribution < 1.29 is 13.6 Å². The minimum absolute atomic E-state index is 0.0268. The van der Waals surface area contributed by atoms with Crippen molar-refractivity contribution in [2.24, 2.45) is 0 Å². The van der Waals surface area contributed by atoms with E-state index in [1.807, 2.05) is 6.07 Å². The van der Waals surface area contributed by atoms with Gasteiger partial charge in [0.1, 0.15) is 0 Å². The fourth-order valence-corrected chi connectivity index (χ4v) is 1.94. The minimum Gasteiger partial charge on any atom is -0.368 e. The van der Waals surface area contributed by atoms with Gasteiger partial charge in [-0.2, -0.15) is 8.78 Å². The van der Waals surface area contributed by atoms with Gasteiger partial charge in [-0.25, -0.2) is 0 Å². The third-order valence-electron chi connectivity index (χ3n) is 3.00. The Kier molecular flexibility index (Phi) is 4.13. The van der Waals surface area contributed by atoms with Crippen molar-refractivity contribution in [3.05, 3.63) is 66.2 Å². The van der Waals surface area contributed by atoms with Crippen LogP contribution in [0, 0.1) is 0 Å². The monoisotopic (exact) mass is 275 g/mol. The first-order valence-corrected chi connectivity index (χ1v) is 6.24. The zero-order chi connectivity index (χ0) is 14.6. The summed E-state index contributed by atoms with van der Waals surface area (Å²) in [5, 5.41) is 0. The second kappa shape index (κ2) is 5.82. The number of rotatable bonds is 5. The lowest BCUT2D eigenvalue weighted by atomic mass is 10.1. The van der Waals surface area contributed by atoms with Gasteiger partial charge in [-0.05, 0) is 12.1 Å². The van der Waals surface area contributed by atoms with Crippen molar-refractivity contribution in [1.82, 2.24) is 0 Å². The number of nitrogens with zero attached hydrogens (tertiary/aromatic N) is 1. The van der Waals surface area contributed by atoms with Crippen molar-refractivity contribution >= 4 is 11.5 Å². The van der Waals surface area contributed by atoms with E-state index in [-0.39, 0.29) is 5.56 Å². The van der Waals surface area contributed by atoms with Crippen molar-refractivity contribution in [2.45, 2.75) is 5.92 Å². The molecule has 0 atom stereocenters. The number of para-hydroxylation sites is 1. The van der Waals surface area contributed by atoms with Crippen molar-refractivity contribution in [3.63, 3.8) is 0 Å². The van der Waals surface area contributed by atoms with Crippen LogP contribution in [-0.2, 0) is 0 Å². The largest absolute Gasteiger partial charge is 0.368 e. The Morgan fingerprint density at radius 1 is 1.00 bits per heavy atom. The molecule has 0 saturated heterocycles. The molecule has 2 nitrogen and oxygen atoms in total. The molecule has 0 heterocycles. The fourth-order valence-electron chi connectivity index (χ4n) is 1.94. The lowest BCUT2D eigenvalue weighted by molar-refractivity contribution is 0.0155. The number of ketones is 1.